The largest absolute Gasteiger partial charge is 0.484 e. The number of carbonyl (C=O) groups is 1. The highest BCUT2D eigenvalue weighted by molar-refractivity contribution is 5.90. The van der Waals surface area contributed by atoms with E-state index in [1.54, 1.807) is 12.1 Å². The quantitative estimate of drug-likeness (QED) is 0.560. The van der Waals surface area contributed by atoms with Gasteiger partial charge in [0.1, 0.15) is 11.6 Å². The Labute approximate surface area is 163 Å². The van der Waals surface area contributed by atoms with Crippen molar-refractivity contribution >= 4 is 11.6 Å². The van der Waals surface area contributed by atoms with Gasteiger partial charge in [0.05, 0.1) is 6.20 Å². The third kappa shape index (κ3) is 6.34. The monoisotopic (exact) mass is 408 g/mol. The number of ether oxygens (including phenoxy) is 1. The summed E-state index contributed by atoms with van der Waals surface area (Å²) in [7, 11) is 0. The Bertz CT molecular complexity index is 951. The average molecular weight is 408 g/mol. The lowest BCUT2D eigenvalue weighted by Gasteiger charge is -2.10. The van der Waals surface area contributed by atoms with Crippen molar-refractivity contribution in [1.29, 1.82) is 0 Å². The number of hydrogen-bond acceptors (Lipinski definition) is 4. The van der Waals surface area contributed by atoms with Gasteiger partial charge in [0.2, 0.25) is 5.91 Å². The summed E-state index contributed by atoms with van der Waals surface area (Å²) in [6.45, 7) is -1.38. The first-order valence-corrected chi connectivity index (χ1v) is 8.58. The van der Waals surface area contributed by atoms with Gasteiger partial charge in [0.15, 0.2) is 18.3 Å². The molecule has 0 saturated carbocycles. The Morgan fingerprint density at radius 3 is 2.41 bits per heavy atom. The summed E-state index contributed by atoms with van der Waals surface area (Å²) in [5, 5.41) is 2.63. The normalized spacial score (nSPS) is 11.3. The average Bonchev–Trinajstić information content (AvgIpc) is 3.15. The Kier molecular flexibility index (Phi) is 6.16. The number of anilines is 1. The lowest BCUT2D eigenvalue weighted by atomic mass is 10.2. The van der Waals surface area contributed by atoms with Crippen molar-refractivity contribution in [3.63, 3.8) is 0 Å². The molecule has 1 amide bonds. The van der Waals surface area contributed by atoms with Gasteiger partial charge < -0.3 is 14.5 Å². The number of aromatic nitrogens is 1. The van der Waals surface area contributed by atoms with E-state index in [9.17, 15) is 22.4 Å². The van der Waals surface area contributed by atoms with Gasteiger partial charge in [-0.15, -0.1) is 0 Å². The molecule has 9 heteroatoms. The topological polar surface area (TPSA) is 64.4 Å². The van der Waals surface area contributed by atoms with Crippen molar-refractivity contribution < 1.29 is 31.5 Å². The Balaban J connectivity index is 1.48. The van der Waals surface area contributed by atoms with Crippen LogP contribution in [0, 0.1) is 5.82 Å². The van der Waals surface area contributed by atoms with Crippen LogP contribution in [-0.2, 0) is 11.2 Å². The van der Waals surface area contributed by atoms with Crippen LogP contribution in [0.5, 0.6) is 5.75 Å². The molecule has 0 unspecified atom stereocenters. The van der Waals surface area contributed by atoms with Crippen molar-refractivity contribution in [1.82, 2.24) is 4.98 Å². The second-order valence-corrected chi connectivity index (χ2v) is 6.10. The van der Waals surface area contributed by atoms with Gasteiger partial charge >= 0.3 is 6.18 Å². The van der Waals surface area contributed by atoms with Crippen molar-refractivity contribution in [2.45, 2.75) is 19.0 Å². The molecule has 3 aromatic rings. The maximum absolute atomic E-state index is 13.0. The van der Waals surface area contributed by atoms with Gasteiger partial charge in [-0.3, -0.25) is 4.79 Å². The number of amides is 1. The molecule has 0 radical (unpaired) electrons. The van der Waals surface area contributed by atoms with E-state index in [-0.39, 0.29) is 30.3 Å². The molecule has 0 bridgehead atoms. The number of alkyl halides is 3. The zero-order valence-electron chi connectivity index (χ0n) is 15.0. The first-order chi connectivity index (χ1) is 13.8. The molecule has 0 atom stereocenters. The summed E-state index contributed by atoms with van der Waals surface area (Å²) >= 11 is 0. The highest BCUT2D eigenvalue weighted by Crippen LogP contribution is 2.22. The molecule has 0 aliphatic heterocycles. The highest BCUT2D eigenvalue weighted by Gasteiger charge is 2.28. The zero-order valence-corrected chi connectivity index (χ0v) is 15.0. The van der Waals surface area contributed by atoms with Gasteiger partial charge in [-0.2, -0.15) is 13.2 Å². The number of nitrogens with one attached hydrogen (secondary N) is 1. The van der Waals surface area contributed by atoms with E-state index in [1.165, 1.54) is 42.6 Å². The van der Waals surface area contributed by atoms with Gasteiger partial charge in [0.25, 0.3) is 0 Å². The summed E-state index contributed by atoms with van der Waals surface area (Å²) in [5.74, 6) is 0.208. The molecular formula is C20H16F4N2O3. The predicted octanol–water partition coefficient (Wildman–Crippen LogP) is 4.99. The number of hydrogen-bond donors (Lipinski definition) is 1. The molecule has 0 saturated heterocycles. The third-order valence-electron chi connectivity index (χ3n) is 3.79. The molecule has 3 rings (SSSR count). The van der Waals surface area contributed by atoms with Crippen LogP contribution < -0.4 is 10.1 Å². The Morgan fingerprint density at radius 1 is 1.07 bits per heavy atom. The minimum absolute atomic E-state index is 0.0495. The molecule has 0 spiro atoms. The number of carbonyl (C=O) groups excluding carboxylic acids is 1. The van der Waals surface area contributed by atoms with Crippen molar-refractivity contribution in [2.24, 2.45) is 0 Å². The number of halogens is 4. The van der Waals surface area contributed by atoms with E-state index in [2.05, 4.69) is 15.0 Å². The van der Waals surface area contributed by atoms with E-state index >= 15 is 0 Å². The number of nitrogens with zero attached hydrogens (tertiary/aromatic N) is 1. The van der Waals surface area contributed by atoms with Gasteiger partial charge in [0, 0.05) is 24.1 Å². The fraction of sp³-hybridized carbons (Fsp3) is 0.200. The van der Waals surface area contributed by atoms with Crippen LogP contribution in [0.15, 0.2) is 59.1 Å². The maximum atomic E-state index is 13.0. The van der Waals surface area contributed by atoms with E-state index < -0.39 is 12.8 Å². The number of benzene rings is 2. The van der Waals surface area contributed by atoms with E-state index in [4.69, 9.17) is 4.42 Å². The van der Waals surface area contributed by atoms with Crippen molar-refractivity contribution in [2.75, 3.05) is 11.9 Å². The molecule has 152 valence electrons. The number of aryl methyl sites for hydroxylation is 1. The van der Waals surface area contributed by atoms with Crippen LogP contribution in [0.2, 0.25) is 0 Å². The third-order valence-corrected chi connectivity index (χ3v) is 3.79. The molecule has 29 heavy (non-hydrogen) atoms. The molecule has 1 N–H and O–H groups in total. The molecule has 0 fully saturated rings. The first kappa shape index (κ1) is 20.4. The van der Waals surface area contributed by atoms with E-state index in [0.29, 0.717) is 22.9 Å². The number of oxazole rings is 1. The molecule has 0 aliphatic rings. The fourth-order valence-electron chi connectivity index (χ4n) is 2.42. The summed E-state index contributed by atoms with van der Waals surface area (Å²) < 4.78 is 59.5. The maximum Gasteiger partial charge on any atom is 0.422 e. The van der Waals surface area contributed by atoms with Gasteiger partial charge in [-0.25, -0.2) is 9.37 Å². The fourth-order valence-corrected chi connectivity index (χ4v) is 2.42. The summed E-state index contributed by atoms with van der Waals surface area (Å²) in [6, 6.07) is 11.3. The van der Waals surface area contributed by atoms with Crippen LogP contribution in [-0.4, -0.2) is 23.7 Å². The molecule has 0 aliphatic carbocycles. The molecular weight excluding hydrogens is 392 g/mol. The second kappa shape index (κ2) is 8.76. The molecule has 1 aromatic heterocycles. The molecule has 2 aromatic carbocycles. The minimum Gasteiger partial charge on any atom is -0.484 e. The minimum atomic E-state index is -4.41. The van der Waals surface area contributed by atoms with Gasteiger partial charge in [-0.1, -0.05) is 0 Å². The van der Waals surface area contributed by atoms with Crippen LogP contribution in [0.1, 0.15) is 12.3 Å². The SMILES string of the molecule is O=C(CCc1ncc(-c2ccc(F)cc2)o1)Nc1ccc(OCC(F)(F)F)cc1. The van der Waals surface area contributed by atoms with E-state index in [1.807, 2.05) is 0 Å². The lowest BCUT2D eigenvalue weighted by Crippen LogP contribution is -2.19. The molecule has 5 nitrogen and oxygen atoms in total. The zero-order chi connectivity index (χ0) is 20.9. The summed E-state index contributed by atoms with van der Waals surface area (Å²) in [5.41, 5.74) is 1.09. The van der Waals surface area contributed by atoms with Crippen LogP contribution in [0.25, 0.3) is 11.3 Å². The lowest BCUT2D eigenvalue weighted by molar-refractivity contribution is -0.153. The first-order valence-electron chi connectivity index (χ1n) is 8.58. The van der Waals surface area contributed by atoms with Crippen molar-refractivity contribution in [3.8, 4) is 17.1 Å². The Morgan fingerprint density at radius 2 is 1.76 bits per heavy atom. The highest BCUT2D eigenvalue weighted by atomic mass is 19.4. The summed E-state index contributed by atoms with van der Waals surface area (Å²) in [6.07, 6.45) is -2.57. The summed E-state index contributed by atoms with van der Waals surface area (Å²) in [4.78, 5) is 16.1. The van der Waals surface area contributed by atoms with Crippen molar-refractivity contribution in [3.05, 3.63) is 66.4 Å². The Hall–Kier alpha value is -3.36. The smallest absolute Gasteiger partial charge is 0.422 e. The number of rotatable bonds is 7. The van der Waals surface area contributed by atoms with Crippen LogP contribution in [0.3, 0.4) is 0 Å². The second-order valence-electron chi connectivity index (χ2n) is 6.10. The van der Waals surface area contributed by atoms with E-state index in [0.717, 1.165) is 0 Å². The standard InChI is InChI=1S/C20H16F4N2O3/c21-14-3-1-13(2-4-14)17-11-25-19(29-17)10-9-18(27)26-15-5-7-16(8-6-15)28-12-20(22,23)24/h1-8,11H,9-10,12H2,(H,26,27). The molecule has 1 heterocycles. The van der Waals surface area contributed by atoms with Crippen LogP contribution in [0.4, 0.5) is 23.2 Å². The van der Waals surface area contributed by atoms with Gasteiger partial charge in [-0.05, 0) is 48.5 Å². The predicted molar refractivity (Wildman–Crippen MR) is 96.8 cm³/mol. The van der Waals surface area contributed by atoms with Crippen LogP contribution >= 0.6 is 0 Å².